The van der Waals surface area contributed by atoms with Crippen molar-refractivity contribution in [1.29, 1.82) is 0 Å². The molecule has 0 bridgehead atoms. The minimum absolute atomic E-state index is 0.144. The number of rotatable bonds is 4. The lowest BCUT2D eigenvalue weighted by Crippen LogP contribution is -2.09. The first-order valence-corrected chi connectivity index (χ1v) is 7.07. The van der Waals surface area contributed by atoms with Crippen molar-refractivity contribution in [2.45, 2.75) is 0 Å². The van der Waals surface area contributed by atoms with E-state index in [9.17, 15) is 9.18 Å². The van der Waals surface area contributed by atoms with Gasteiger partial charge in [0.2, 0.25) is 5.78 Å². The molecule has 0 aliphatic heterocycles. The van der Waals surface area contributed by atoms with Crippen LogP contribution >= 0.6 is 27.5 Å². The van der Waals surface area contributed by atoms with E-state index < -0.39 is 11.6 Å². The van der Waals surface area contributed by atoms with Gasteiger partial charge in [0, 0.05) is 4.47 Å². The Morgan fingerprint density at radius 1 is 1.14 bits per heavy atom. The Labute approximate surface area is 134 Å². The van der Waals surface area contributed by atoms with Crippen LogP contribution in [-0.4, -0.2) is 20.0 Å². The van der Waals surface area contributed by atoms with Gasteiger partial charge in [-0.2, -0.15) is 0 Å². The van der Waals surface area contributed by atoms with Gasteiger partial charge in [-0.15, -0.1) is 0 Å². The maximum atomic E-state index is 14.2. The zero-order valence-electron chi connectivity index (χ0n) is 11.2. The summed E-state index contributed by atoms with van der Waals surface area (Å²) in [7, 11) is 2.85. The second-order valence-corrected chi connectivity index (χ2v) is 5.32. The molecule has 0 aliphatic rings. The molecule has 0 heterocycles. The molecule has 0 spiro atoms. The summed E-state index contributed by atoms with van der Waals surface area (Å²) in [6.45, 7) is 0. The second kappa shape index (κ2) is 6.45. The fourth-order valence-corrected chi connectivity index (χ4v) is 2.38. The summed E-state index contributed by atoms with van der Waals surface area (Å²) in [6, 6.07) is 7.77. The van der Waals surface area contributed by atoms with Crippen molar-refractivity contribution >= 4 is 33.3 Å². The summed E-state index contributed by atoms with van der Waals surface area (Å²) < 4.78 is 24.9. The van der Waals surface area contributed by atoms with Gasteiger partial charge >= 0.3 is 0 Å². The van der Waals surface area contributed by atoms with Gasteiger partial charge in [-0.3, -0.25) is 4.79 Å². The predicted molar refractivity (Wildman–Crippen MR) is 82.1 cm³/mol. The average Bonchev–Trinajstić information content (AvgIpc) is 2.51. The summed E-state index contributed by atoms with van der Waals surface area (Å²) in [4.78, 5) is 12.6. The number of methoxy groups -OCH3 is 2. The smallest absolute Gasteiger partial charge is 0.203 e. The molecule has 0 saturated carbocycles. The monoisotopic (exact) mass is 372 g/mol. The van der Waals surface area contributed by atoms with Crippen LogP contribution in [0.1, 0.15) is 15.9 Å². The van der Waals surface area contributed by atoms with E-state index in [-0.39, 0.29) is 16.1 Å². The van der Waals surface area contributed by atoms with Gasteiger partial charge in [-0.25, -0.2) is 4.39 Å². The lowest BCUT2D eigenvalue weighted by Gasteiger charge is -2.13. The average molecular weight is 374 g/mol. The van der Waals surface area contributed by atoms with Crippen molar-refractivity contribution in [3.05, 3.63) is 56.8 Å². The minimum atomic E-state index is -0.788. The van der Waals surface area contributed by atoms with Crippen LogP contribution in [0.4, 0.5) is 4.39 Å². The highest BCUT2D eigenvalue weighted by Crippen LogP contribution is 2.34. The molecule has 2 aromatic carbocycles. The van der Waals surface area contributed by atoms with Crippen LogP contribution in [0.15, 0.2) is 34.8 Å². The zero-order valence-corrected chi connectivity index (χ0v) is 13.6. The number of carbonyl (C=O) groups excluding carboxylic acids is 1. The van der Waals surface area contributed by atoms with E-state index in [2.05, 4.69) is 15.9 Å². The molecule has 2 aromatic rings. The van der Waals surface area contributed by atoms with Gasteiger partial charge in [0.05, 0.1) is 24.8 Å². The molecule has 2 rings (SSSR count). The zero-order chi connectivity index (χ0) is 15.6. The summed E-state index contributed by atoms with van der Waals surface area (Å²) in [5, 5.41) is -0.144. The second-order valence-electron chi connectivity index (χ2n) is 4.09. The molecule has 0 aromatic heterocycles. The van der Waals surface area contributed by atoms with E-state index in [1.165, 1.54) is 26.4 Å². The molecule has 6 heteroatoms. The first kappa shape index (κ1) is 15.8. The van der Waals surface area contributed by atoms with Crippen molar-refractivity contribution in [3.8, 4) is 11.5 Å². The molecule has 0 atom stereocenters. The van der Waals surface area contributed by atoms with Gasteiger partial charge in [0.15, 0.2) is 5.82 Å². The fourth-order valence-electron chi connectivity index (χ4n) is 1.91. The molecule has 0 saturated heterocycles. The Morgan fingerprint density at radius 2 is 1.71 bits per heavy atom. The van der Waals surface area contributed by atoms with Crippen molar-refractivity contribution < 1.29 is 18.7 Å². The molecule has 0 radical (unpaired) electrons. The molecule has 0 amide bonds. The highest BCUT2D eigenvalue weighted by Gasteiger charge is 2.24. The van der Waals surface area contributed by atoms with E-state index in [0.717, 1.165) is 0 Å². The van der Waals surface area contributed by atoms with Gasteiger partial charge in [-0.1, -0.05) is 17.7 Å². The van der Waals surface area contributed by atoms with Crippen LogP contribution < -0.4 is 9.47 Å². The maximum Gasteiger partial charge on any atom is 0.203 e. The number of halogens is 3. The van der Waals surface area contributed by atoms with E-state index in [1.807, 2.05) is 0 Å². The first-order chi connectivity index (χ1) is 10.0. The Morgan fingerprint density at radius 3 is 2.24 bits per heavy atom. The summed E-state index contributed by atoms with van der Waals surface area (Å²) in [6.07, 6.45) is 0. The van der Waals surface area contributed by atoms with Gasteiger partial charge in [0.25, 0.3) is 0 Å². The van der Waals surface area contributed by atoms with Crippen LogP contribution in [0.2, 0.25) is 5.02 Å². The van der Waals surface area contributed by atoms with Crippen LogP contribution in [0, 0.1) is 5.82 Å². The SMILES string of the molecule is COc1cccc(OC)c1C(=O)c1ccc(Br)c(Cl)c1F. The van der Waals surface area contributed by atoms with Crippen LogP contribution in [0.25, 0.3) is 0 Å². The van der Waals surface area contributed by atoms with E-state index in [4.69, 9.17) is 21.1 Å². The summed E-state index contributed by atoms with van der Waals surface area (Å²) >= 11 is 8.93. The Kier molecular flexibility index (Phi) is 4.85. The number of hydrogen-bond acceptors (Lipinski definition) is 3. The highest BCUT2D eigenvalue weighted by molar-refractivity contribution is 9.10. The predicted octanol–water partition coefficient (Wildman–Crippen LogP) is 4.49. The van der Waals surface area contributed by atoms with E-state index in [1.54, 1.807) is 18.2 Å². The molecular weight excluding hydrogens is 363 g/mol. The van der Waals surface area contributed by atoms with Gasteiger partial charge in [0.1, 0.15) is 17.1 Å². The standard InChI is InChI=1S/C15H11BrClFO3/c1-20-10-4-3-5-11(21-2)12(10)15(19)8-6-7-9(16)13(17)14(8)18/h3-7H,1-2H3. The molecule has 110 valence electrons. The normalized spacial score (nSPS) is 10.3. The number of ketones is 1. The minimum Gasteiger partial charge on any atom is -0.496 e. The van der Waals surface area contributed by atoms with Crippen molar-refractivity contribution in [3.63, 3.8) is 0 Å². The molecule has 21 heavy (non-hydrogen) atoms. The lowest BCUT2D eigenvalue weighted by molar-refractivity contribution is 0.102. The van der Waals surface area contributed by atoms with Crippen LogP contribution in [0.3, 0.4) is 0 Å². The Balaban J connectivity index is 2.63. The maximum absolute atomic E-state index is 14.2. The summed E-state index contributed by atoms with van der Waals surface area (Å²) in [5.74, 6) is -0.740. The first-order valence-electron chi connectivity index (χ1n) is 5.90. The quantitative estimate of drug-likeness (QED) is 0.585. The molecule has 3 nitrogen and oxygen atoms in total. The number of carbonyl (C=O) groups is 1. The third kappa shape index (κ3) is 2.89. The molecule has 0 unspecified atom stereocenters. The lowest BCUT2D eigenvalue weighted by atomic mass is 10.0. The van der Waals surface area contributed by atoms with Crippen LogP contribution in [0.5, 0.6) is 11.5 Å². The third-order valence-electron chi connectivity index (χ3n) is 2.93. The molecule has 0 N–H and O–H groups in total. The topological polar surface area (TPSA) is 35.5 Å². The van der Waals surface area contributed by atoms with Crippen LogP contribution in [-0.2, 0) is 0 Å². The number of benzene rings is 2. The Hall–Kier alpha value is -1.59. The van der Waals surface area contributed by atoms with Gasteiger partial charge in [-0.05, 0) is 40.2 Å². The highest BCUT2D eigenvalue weighted by atomic mass is 79.9. The van der Waals surface area contributed by atoms with Crippen molar-refractivity contribution in [1.82, 2.24) is 0 Å². The summed E-state index contributed by atoms with van der Waals surface area (Å²) in [5.41, 5.74) is 0.00536. The van der Waals surface area contributed by atoms with E-state index in [0.29, 0.717) is 16.0 Å². The fraction of sp³-hybridized carbons (Fsp3) is 0.133. The van der Waals surface area contributed by atoms with Crippen molar-refractivity contribution in [2.75, 3.05) is 14.2 Å². The Bertz CT molecular complexity index is 681. The van der Waals surface area contributed by atoms with Crippen molar-refractivity contribution in [2.24, 2.45) is 0 Å². The molecule has 0 fully saturated rings. The molecular formula is C15H11BrClFO3. The van der Waals surface area contributed by atoms with Gasteiger partial charge < -0.3 is 9.47 Å². The molecule has 0 aliphatic carbocycles. The largest absolute Gasteiger partial charge is 0.496 e. The third-order valence-corrected chi connectivity index (χ3v) is 4.19. The number of ether oxygens (including phenoxy) is 2. The number of hydrogen-bond donors (Lipinski definition) is 0. The van der Waals surface area contributed by atoms with E-state index >= 15 is 0 Å².